The second-order valence-electron chi connectivity index (χ2n) is 7.62. The van der Waals surface area contributed by atoms with Gasteiger partial charge >= 0.3 is 0 Å². The molecule has 1 aromatic carbocycles. The van der Waals surface area contributed by atoms with Crippen molar-refractivity contribution in [1.29, 1.82) is 0 Å². The molecule has 2 aromatic rings. The van der Waals surface area contributed by atoms with Gasteiger partial charge in [0.1, 0.15) is 11.5 Å². The van der Waals surface area contributed by atoms with Crippen molar-refractivity contribution in [3.63, 3.8) is 0 Å². The number of aryl methyl sites for hydroxylation is 1. The van der Waals surface area contributed by atoms with Crippen molar-refractivity contribution in [1.82, 2.24) is 15.1 Å². The predicted molar refractivity (Wildman–Crippen MR) is 99.5 cm³/mol. The van der Waals surface area contributed by atoms with E-state index in [9.17, 15) is 14.0 Å². The minimum Gasteiger partial charge on any atom is -0.344 e. The Labute approximate surface area is 153 Å². The number of hydrogen-bond acceptors (Lipinski definition) is 3. The molecule has 1 heterocycles. The first-order valence-corrected chi connectivity index (χ1v) is 8.84. The quantitative estimate of drug-likeness (QED) is 0.855. The summed E-state index contributed by atoms with van der Waals surface area (Å²) in [6.45, 7) is 8.64. The Morgan fingerprint density at radius 3 is 2.42 bits per heavy atom. The fourth-order valence-corrected chi connectivity index (χ4v) is 2.73. The summed E-state index contributed by atoms with van der Waals surface area (Å²) in [6, 6.07) is 8.64. The summed E-state index contributed by atoms with van der Waals surface area (Å²) in [5, 5.41) is 7.13. The lowest BCUT2D eigenvalue weighted by atomic mass is 9.85. The van der Waals surface area contributed by atoms with Crippen LogP contribution in [0.15, 0.2) is 41.2 Å². The van der Waals surface area contributed by atoms with Crippen LogP contribution < -0.4 is 10.9 Å². The highest BCUT2D eigenvalue weighted by Crippen LogP contribution is 2.29. The summed E-state index contributed by atoms with van der Waals surface area (Å²) in [4.78, 5) is 24.5. The molecule has 1 unspecified atom stereocenters. The van der Waals surface area contributed by atoms with Crippen LogP contribution in [0.3, 0.4) is 0 Å². The number of aromatic nitrogens is 2. The molecular weight excluding hydrogens is 333 g/mol. The SMILES string of the molecule is CCCn1nc(C(=O)NC(CC(C)(C)C)c2ccc(F)cc2)ccc1=O. The molecule has 6 heteroatoms. The molecule has 5 nitrogen and oxygen atoms in total. The monoisotopic (exact) mass is 359 g/mol. The lowest BCUT2D eigenvalue weighted by Crippen LogP contribution is -2.34. The van der Waals surface area contributed by atoms with Gasteiger partial charge in [-0.05, 0) is 42.0 Å². The van der Waals surface area contributed by atoms with Gasteiger partial charge in [0.05, 0.1) is 6.04 Å². The Bertz CT molecular complexity index is 807. The summed E-state index contributed by atoms with van der Waals surface area (Å²) < 4.78 is 14.5. The number of carbonyl (C=O) groups is 1. The molecule has 0 aliphatic rings. The molecule has 0 aliphatic heterocycles. The number of halogens is 1. The Hall–Kier alpha value is -2.50. The minimum atomic E-state index is -0.353. The predicted octanol–water partition coefficient (Wildman–Crippen LogP) is 3.70. The molecule has 1 aromatic heterocycles. The summed E-state index contributed by atoms with van der Waals surface area (Å²) in [5.41, 5.74) is 0.754. The maximum atomic E-state index is 13.2. The first-order valence-electron chi connectivity index (χ1n) is 8.84. The Balaban J connectivity index is 2.27. The van der Waals surface area contributed by atoms with Crippen molar-refractivity contribution >= 4 is 5.91 Å². The van der Waals surface area contributed by atoms with E-state index in [1.807, 2.05) is 6.92 Å². The highest BCUT2D eigenvalue weighted by molar-refractivity contribution is 5.92. The van der Waals surface area contributed by atoms with Crippen molar-refractivity contribution in [2.45, 2.75) is 53.1 Å². The fourth-order valence-electron chi connectivity index (χ4n) is 2.73. The number of benzene rings is 1. The third-order valence-corrected chi connectivity index (χ3v) is 3.93. The molecule has 26 heavy (non-hydrogen) atoms. The molecule has 2 rings (SSSR count). The maximum absolute atomic E-state index is 13.2. The van der Waals surface area contributed by atoms with Crippen molar-refractivity contribution in [2.75, 3.05) is 0 Å². The van der Waals surface area contributed by atoms with Crippen LogP contribution in [0, 0.1) is 11.2 Å². The lowest BCUT2D eigenvalue weighted by molar-refractivity contribution is 0.0918. The molecule has 0 spiro atoms. The average Bonchev–Trinajstić information content (AvgIpc) is 2.56. The molecule has 0 aliphatic carbocycles. The van der Waals surface area contributed by atoms with Crippen LogP contribution in [0.25, 0.3) is 0 Å². The Morgan fingerprint density at radius 2 is 1.85 bits per heavy atom. The van der Waals surface area contributed by atoms with Crippen LogP contribution in [0.4, 0.5) is 4.39 Å². The van der Waals surface area contributed by atoms with Crippen LogP contribution in [-0.4, -0.2) is 15.7 Å². The summed E-state index contributed by atoms with van der Waals surface area (Å²) in [5.74, 6) is -0.670. The van der Waals surface area contributed by atoms with Crippen molar-refractivity contribution in [3.8, 4) is 0 Å². The number of amides is 1. The third-order valence-electron chi connectivity index (χ3n) is 3.93. The van der Waals surface area contributed by atoms with E-state index in [1.54, 1.807) is 12.1 Å². The van der Waals surface area contributed by atoms with Gasteiger partial charge in [-0.2, -0.15) is 5.10 Å². The first kappa shape index (κ1) is 19.8. The van der Waals surface area contributed by atoms with Gasteiger partial charge in [0.15, 0.2) is 0 Å². The van der Waals surface area contributed by atoms with E-state index in [2.05, 4.69) is 31.2 Å². The number of hydrogen-bond donors (Lipinski definition) is 1. The van der Waals surface area contributed by atoms with E-state index in [4.69, 9.17) is 0 Å². The van der Waals surface area contributed by atoms with Crippen LogP contribution >= 0.6 is 0 Å². The number of nitrogens with one attached hydrogen (secondary N) is 1. The molecular formula is C20H26FN3O2. The second kappa shape index (κ2) is 8.25. The summed E-state index contributed by atoms with van der Waals surface area (Å²) >= 11 is 0. The van der Waals surface area contributed by atoms with Crippen LogP contribution in [-0.2, 0) is 6.54 Å². The number of nitrogens with zero attached hydrogens (tertiary/aromatic N) is 2. The highest BCUT2D eigenvalue weighted by atomic mass is 19.1. The first-order chi connectivity index (χ1) is 12.2. The Morgan fingerprint density at radius 1 is 1.19 bits per heavy atom. The topological polar surface area (TPSA) is 64.0 Å². The number of rotatable bonds is 6. The highest BCUT2D eigenvalue weighted by Gasteiger charge is 2.23. The van der Waals surface area contributed by atoms with Gasteiger partial charge in [-0.15, -0.1) is 0 Å². The van der Waals surface area contributed by atoms with Crippen molar-refractivity contribution < 1.29 is 9.18 Å². The van der Waals surface area contributed by atoms with Crippen molar-refractivity contribution in [2.24, 2.45) is 5.41 Å². The Kier molecular flexibility index (Phi) is 6.29. The molecule has 0 bridgehead atoms. The van der Waals surface area contributed by atoms with Gasteiger partial charge in [0, 0.05) is 12.6 Å². The van der Waals surface area contributed by atoms with Gasteiger partial charge in [0.25, 0.3) is 11.5 Å². The third kappa shape index (κ3) is 5.51. The van der Waals surface area contributed by atoms with E-state index >= 15 is 0 Å². The minimum absolute atomic E-state index is 0.0409. The van der Waals surface area contributed by atoms with Crippen LogP contribution in [0.1, 0.15) is 62.6 Å². The van der Waals surface area contributed by atoms with Gasteiger partial charge in [-0.1, -0.05) is 39.8 Å². The maximum Gasteiger partial charge on any atom is 0.272 e. The van der Waals surface area contributed by atoms with E-state index < -0.39 is 0 Å². The second-order valence-corrected chi connectivity index (χ2v) is 7.62. The molecule has 1 N–H and O–H groups in total. The zero-order chi connectivity index (χ0) is 19.3. The molecule has 140 valence electrons. The number of carbonyl (C=O) groups excluding carboxylic acids is 1. The molecule has 0 saturated carbocycles. The zero-order valence-corrected chi connectivity index (χ0v) is 15.8. The molecule has 1 atom stereocenters. The van der Waals surface area contributed by atoms with E-state index in [0.29, 0.717) is 13.0 Å². The average molecular weight is 359 g/mol. The van der Waals surface area contributed by atoms with Gasteiger partial charge in [-0.25, -0.2) is 9.07 Å². The fraction of sp³-hybridized carbons (Fsp3) is 0.450. The lowest BCUT2D eigenvalue weighted by Gasteiger charge is -2.27. The zero-order valence-electron chi connectivity index (χ0n) is 15.8. The normalized spacial score (nSPS) is 12.7. The molecule has 0 fully saturated rings. The van der Waals surface area contributed by atoms with Crippen LogP contribution in [0.5, 0.6) is 0 Å². The van der Waals surface area contributed by atoms with Gasteiger partial charge in [-0.3, -0.25) is 9.59 Å². The standard InChI is InChI=1S/C20H26FN3O2/c1-5-12-24-18(25)11-10-16(23-24)19(26)22-17(13-20(2,3)4)14-6-8-15(21)9-7-14/h6-11,17H,5,12-13H2,1-4H3,(H,22,26). The molecule has 1 amide bonds. The molecule has 0 saturated heterocycles. The van der Waals surface area contributed by atoms with Gasteiger partial charge in [0.2, 0.25) is 0 Å². The van der Waals surface area contributed by atoms with Gasteiger partial charge < -0.3 is 5.32 Å². The van der Waals surface area contributed by atoms with Crippen LogP contribution in [0.2, 0.25) is 0 Å². The van der Waals surface area contributed by atoms with E-state index in [1.165, 1.54) is 28.9 Å². The smallest absolute Gasteiger partial charge is 0.272 e. The summed E-state index contributed by atoms with van der Waals surface area (Å²) in [7, 11) is 0. The van der Waals surface area contributed by atoms with E-state index in [-0.39, 0.29) is 34.4 Å². The largest absolute Gasteiger partial charge is 0.344 e. The summed E-state index contributed by atoms with van der Waals surface area (Å²) in [6.07, 6.45) is 1.43. The van der Waals surface area contributed by atoms with Crippen molar-refractivity contribution in [3.05, 3.63) is 63.8 Å². The van der Waals surface area contributed by atoms with E-state index in [0.717, 1.165) is 12.0 Å². The molecule has 0 radical (unpaired) electrons.